The number of hydrogen-bond acceptors (Lipinski definition) is 2. The van der Waals surface area contributed by atoms with Crippen LogP contribution in [0.15, 0.2) is 48.5 Å². The Hall–Kier alpha value is -1.80. The molecule has 0 aromatic heterocycles. The molecule has 0 aliphatic rings. The molecule has 2 aromatic carbocycles. The Bertz CT molecular complexity index is 563. The highest BCUT2D eigenvalue weighted by molar-refractivity contribution is 5.37. The van der Waals surface area contributed by atoms with Crippen LogP contribution >= 0.6 is 0 Å². The van der Waals surface area contributed by atoms with Crippen LogP contribution in [0.1, 0.15) is 44.9 Å². The minimum atomic E-state index is -0.451. The van der Waals surface area contributed by atoms with Gasteiger partial charge in [0.15, 0.2) is 0 Å². The van der Waals surface area contributed by atoms with Crippen molar-refractivity contribution in [3.63, 3.8) is 0 Å². The first-order chi connectivity index (χ1) is 9.36. The second-order valence-corrected chi connectivity index (χ2v) is 6.12. The van der Waals surface area contributed by atoms with Gasteiger partial charge >= 0.3 is 0 Å². The van der Waals surface area contributed by atoms with E-state index in [-0.39, 0.29) is 5.41 Å². The summed E-state index contributed by atoms with van der Waals surface area (Å²) in [4.78, 5) is 0. The molecule has 0 aliphatic heterocycles. The average Bonchev–Trinajstić information content (AvgIpc) is 2.38. The maximum atomic E-state index is 9.49. The van der Waals surface area contributed by atoms with Crippen LogP contribution in [-0.2, 0) is 5.41 Å². The van der Waals surface area contributed by atoms with Crippen molar-refractivity contribution in [2.45, 2.75) is 39.2 Å². The SMILES string of the molecule is C[C@@H](O)c1ccc(Oc2cccc(C(C)(C)C)c2)cc1. The Labute approximate surface area is 121 Å². The molecule has 0 fully saturated rings. The van der Waals surface area contributed by atoms with E-state index in [1.165, 1.54) is 5.56 Å². The molecule has 2 aromatic rings. The number of aliphatic hydroxyl groups excluding tert-OH is 1. The summed E-state index contributed by atoms with van der Waals surface area (Å²) in [5, 5.41) is 9.49. The predicted molar refractivity (Wildman–Crippen MR) is 82.3 cm³/mol. The quantitative estimate of drug-likeness (QED) is 0.865. The molecule has 2 heteroatoms. The summed E-state index contributed by atoms with van der Waals surface area (Å²) in [6, 6.07) is 15.7. The molecule has 0 heterocycles. The van der Waals surface area contributed by atoms with E-state index in [0.29, 0.717) is 0 Å². The zero-order valence-corrected chi connectivity index (χ0v) is 12.6. The molecule has 0 radical (unpaired) electrons. The van der Waals surface area contributed by atoms with Crippen molar-refractivity contribution in [2.75, 3.05) is 0 Å². The first-order valence-electron chi connectivity index (χ1n) is 6.93. The lowest BCUT2D eigenvalue weighted by atomic mass is 9.87. The van der Waals surface area contributed by atoms with Crippen molar-refractivity contribution >= 4 is 0 Å². The number of aliphatic hydroxyl groups is 1. The molecule has 1 atom stereocenters. The molecular weight excluding hydrogens is 248 g/mol. The zero-order valence-electron chi connectivity index (χ0n) is 12.6. The summed E-state index contributed by atoms with van der Waals surface area (Å²) in [6.45, 7) is 8.30. The maximum absolute atomic E-state index is 9.49. The van der Waals surface area contributed by atoms with Crippen molar-refractivity contribution in [3.05, 3.63) is 59.7 Å². The maximum Gasteiger partial charge on any atom is 0.127 e. The van der Waals surface area contributed by atoms with Gasteiger partial charge in [-0.15, -0.1) is 0 Å². The standard InChI is InChI=1S/C18H22O2/c1-13(19)14-8-10-16(11-9-14)20-17-7-5-6-15(12-17)18(2,3)4/h5-13,19H,1-4H3/t13-/m1/s1. The summed E-state index contributed by atoms with van der Waals surface area (Å²) < 4.78 is 5.87. The van der Waals surface area contributed by atoms with E-state index < -0.39 is 6.10 Å². The minimum absolute atomic E-state index is 0.107. The van der Waals surface area contributed by atoms with Crippen LogP contribution in [0.25, 0.3) is 0 Å². The fraction of sp³-hybridized carbons (Fsp3) is 0.333. The smallest absolute Gasteiger partial charge is 0.127 e. The van der Waals surface area contributed by atoms with Crippen molar-refractivity contribution in [1.29, 1.82) is 0 Å². The van der Waals surface area contributed by atoms with Crippen molar-refractivity contribution in [1.82, 2.24) is 0 Å². The lowest BCUT2D eigenvalue weighted by molar-refractivity contribution is 0.199. The van der Waals surface area contributed by atoms with E-state index in [1.807, 2.05) is 36.4 Å². The third-order valence-electron chi connectivity index (χ3n) is 3.30. The molecule has 0 bridgehead atoms. The number of ether oxygens (including phenoxy) is 1. The fourth-order valence-corrected chi connectivity index (χ4v) is 1.98. The highest BCUT2D eigenvalue weighted by Gasteiger charge is 2.14. The van der Waals surface area contributed by atoms with Crippen LogP contribution in [0.5, 0.6) is 11.5 Å². The molecule has 0 saturated heterocycles. The molecule has 0 unspecified atom stereocenters. The number of rotatable bonds is 3. The molecule has 20 heavy (non-hydrogen) atoms. The molecular formula is C18H22O2. The van der Waals surface area contributed by atoms with E-state index in [1.54, 1.807) is 6.92 Å². The third kappa shape index (κ3) is 3.61. The van der Waals surface area contributed by atoms with Crippen molar-refractivity contribution < 1.29 is 9.84 Å². The molecule has 0 saturated carbocycles. The monoisotopic (exact) mass is 270 g/mol. The molecule has 0 aliphatic carbocycles. The zero-order chi connectivity index (χ0) is 14.8. The third-order valence-corrected chi connectivity index (χ3v) is 3.30. The Balaban J connectivity index is 2.18. The summed E-state index contributed by atoms with van der Waals surface area (Å²) in [7, 11) is 0. The fourth-order valence-electron chi connectivity index (χ4n) is 1.98. The second kappa shape index (κ2) is 5.68. The molecule has 0 spiro atoms. The van der Waals surface area contributed by atoms with Gasteiger partial charge in [0.1, 0.15) is 11.5 Å². The Morgan fingerprint density at radius 1 is 0.950 bits per heavy atom. The van der Waals surface area contributed by atoms with Gasteiger partial charge in [0.05, 0.1) is 6.10 Å². The van der Waals surface area contributed by atoms with Crippen LogP contribution in [-0.4, -0.2) is 5.11 Å². The molecule has 2 nitrogen and oxygen atoms in total. The van der Waals surface area contributed by atoms with E-state index in [0.717, 1.165) is 17.1 Å². The van der Waals surface area contributed by atoms with E-state index >= 15 is 0 Å². The van der Waals surface area contributed by atoms with Gasteiger partial charge in [-0.3, -0.25) is 0 Å². The second-order valence-electron chi connectivity index (χ2n) is 6.12. The first-order valence-corrected chi connectivity index (χ1v) is 6.93. The Kier molecular flexibility index (Phi) is 4.15. The topological polar surface area (TPSA) is 29.5 Å². The summed E-state index contributed by atoms with van der Waals surface area (Å²) in [5.41, 5.74) is 2.24. The van der Waals surface area contributed by atoms with Crippen LogP contribution in [0.2, 0.25) is 0 Å². The number of hydrogen-bond donors (Lipinski definition) is 1. The molecule has 0 amide bonds. The van der Waals surface area contributed by atoms with Crippen LogP contribution in [0, 0.1) is 0 Å². The summed E-state index contributed by atoms with van der Waals surface area (Å²) in [6.07, 6.45) is -0.451. The molecule has 1 N–H and O–H groups in total. The summed E-state index contributed by atoms with van der Waals surface area (Å²) >= 11 is 0. The van der Waals surface area contributed by atoms with Crippen molar-refractivity contribution in [2.24, 2.45) is 0 Å². The van der Waals surface area contributed by atoms with Gasteiger partial charge < -0.3 is 9.84 Å². The first kappa shape index (κ1) is 14.6. The van der Waals surface area contributed by atoms with Gasteiger partial charge in [-0.25, -0.2) is 0 Å². The van der Waals surface area contributed by atoms with Gasteiger partial charge in [0.25, 0.3) is 0 Å². The minimum Gasteiger partial charge on any atom is -0.457 e. The highest BCUT2D eigenvalue weighted by atomic mass is 16.5. The normalized spacial score (nSPS) is 13.1. The number of benzene rings is 2. The average molecular weight is 270 g/mol. The molecule has 2 rings (SSSR count). The largest absolute Gasteiger partial charge is 0.457 e. The Morgan fingerprint density at radius 3 is 2.15 bits per heavy atom. The van der Waals surface area contributed by atoms with Crippen molar-refractivity contribution in [3.8, 4) is 11.5 Å². The lowest BCUT2D eigenvalue weighted by Crippen LogP contribution is -2.10. The highest BCUT2D eigenvalue weighted by Crippen LogP contribution is 2.28. The van der Waals surface area contributed by atoms with Crippen LogP contribution < -0.4 is 4.74 Å². The summed E-state index contributed by atoms with van der Waals surface area (Å²) in [5.74, 6) is 1.61. The van der Waals surface area contributed by atoms with Gasteiger partial charge in [0.2, 0.25) is 0 Å². The van der Waals surface area contributed by atoms with Gasteiger partial charge in [-0.05, 0) is 47.7 Å². The predicted octanol–water partition coefficient (Wildman–Crippen LogP) is 4.83. The Morgan fingerprint density at radius 2 is 1.60 bits per heavy atom. The van der Waals surface area contributed by atoms with Gasteiger partial charge in [-0.2, -0.15) is 0 Å². The van der Waals surface area contributed by atoms with Crippen LogP contribution in [0.4, 0.5) is 0 Å². The van der Waals surface area contributed by atoms with E-state index in [9.17, 15) is 5.11 Å². The van der Waals surface area contributed by atoms with E-state index in [2.05, 4.69) is 32.9 Å². The molecule has 106 valence electrons. The van der Waals surface area contributed by atoms with Crippen LogP contribution in [0.3, 0.4) is 0 Å². The lowest BCUT2D eigenvalue weighted by Gasteiger charge is -2.19. The van der Waals surface area contributed by atoms with Gasteiger partial charge in [-0.1, -0.05) is 45.0 Å². The van der Waals surface area contributed by atoms with Gasteiger partial charge in [0, 0.05) is 0 Å². The van der Waals surface area contributed by atoms with E-state index in [4.69, 9.17) is 4.74 Å².